The normalized spacial score (nSPS) is 16.8. The quantitative estimate of drug-likeness (QED) is 0.440. The summed E-state index contributed by atoms with van der Waals surface area (Å²) in [6.45, 7) is 3.59. The zero-order valence-corrected chi connectivity index (χ0v) is 19.4. The van der Waals surface area contributed by atoms with E-state index in [9.17, 15) is 4.79 Å². The van der Waals surface area contributed by atoms with Crippen LogP contribution in [0.2, 0.25) is 5.02 Å². The van der Waals surface area contributed by atoms with E-state index in [1.165, 1.54) is 19.0 Å². The van der Waals surface area contributed by atoms with Crippen molar-refractivity contribution in [1.82, 2.24) is 34.1 Å². The van der Waals surface area contributed by atoms with Crippen LogP contribution in [0.4, 0.5) is 0 Å². The second-order valence-electron chi connectivity index (χ2n) is 8.89. The molecule has 4 heterocycles. The largest absolute Gasteiger partial charge is 0.335 e. The Morgan fingerprint density at radius 1 is 1.00 bits per heavy atom. The minimum atomic E-state index is -0.0652. The van der Waals surface area contributed by atoms with Crippen LogP contribution in [0.3, 0.4) is 0 Å². The molecule has 1 aliphatic carbocycles. The van der Waals surface area contributed by atoms with Crippen molar-refractivity contribution in [2.45, 2.75) is 25.3 Å². The lowest BCUT2D eigenvalue weighted by molar-refractivity contribution is 0.0620. The molecule has 0 radical (unpaired) electrons. The minimum Gasteiger partial charge on any atom is -0.335 e. The van der Waals surface area contributed by atoms with Gasteiger partial charge in [-0.1, -0.05) is 23.7 Å². The third kappa shape index (κ3) is 4.15. The Balaban J connectivity index is 1.27. The van der Waals surface area contributed by atoms with E-state index in [4.69, 9.17) is 16.6 Å². The van der Waals surface area contributed by atoms with Gasteiger partial charge < -0.3 is 4.90 Å². The zero-order valence-electron chi connectivity index (χ0n) is 18.6. The molecule has 172 valence electrons. The van der Waals surface area contributed by atoms with Crippen LogP contribution in [0.5, 0.6) is 0 Å². The van der Waals surface area contributed by atoms with E-state index in [0.29, 0.717) is 29.7 Å². The van der Waals surface area contributed by atoms with Crippen LogP contribution in [-0.2, 0) is 6.54 Å². The molecule has 6 rings (SSSR count). The van der Waals surface area contributed by atoms with Gasteiger partial charge in [0.05, 0.1) is 29.5 Å². The van der Waals surface area contributed by atoms with Crippen LogP contribution >= 0.6 is 11.6 Å². The van der Waals surface area contributed by atoms with Gasteiger partial charge >= 0.3 is 0 Å². The monoisotopic (exact) mass is 473 g/mol. The van der Waals surface area contributed by atoms with Crippen LogP contribution in [0, 0.1) is 0 Å². The summed E-state index contributed by atoms with van der Waals surface area (Å²) in [6.07, 6.45) is 11.1. The Labute approximate surface area is 202 Å². The van der Waals surface area contributed by atoms with Gasteiger partial charge in [-0.05, 0) is 25.0 Å². The van der Waals surface area contributed by atoms with Crippen molar-refractivity contribution in [2.24, 2.45) is 0 Å². The van der Waals surface area contributed by atoms with Crippen LogP contribution < -0.4 is 0 Å². The Bertz CT molecular complexity index is 1330. The molecule has 0 atom stereocenters. The molecular formula is C25H24ClN7O. The van der Waals surface area contributed by atoms with Gasteiger partial charge in [0.2, 0.25) is 0 Å². The first-order valence-corrected chi connectivity index (χ1v) is 11.9. The van der Waals surface area contributed by atoms with Gasteiger partial charge in [-0.15, -0.1) is 0 Å². The summed E-state index contributed by atoms with van der Waals surface area (Å²) >= 11 is 6.13. The highest BCUT2D eigenvalue weighted by Gasteiger charge is 2.28. The summed E-state index contributed by atoms with van der Waals surface area (Å²) in [6, 6.07) is 7.82. The predicted octanol–water partition coefficient (Wildman–Crippen LogP) is 3.68. The van der Waals surface area contributed by atoms with Crippen LogP contribution in [-0.4, -0.2) is 66.2 Å². The van der Waals surface area contributed by atoms with Crippen molar-refractivity contribution in [3.8, 4) is 11.3 Å². The molecule has 3 aromatic heterocycles. The van der Waals surface area contributed by atoms with Crippen molar-refractivity contribution in [2.75, 3.05) is 26.2 Å². The number of carbonyl (C=O) groups excluding carboxylic acids is 1. The number of amides is 1. The average molecular weight is 474 g/mol. The number of aromatic nitrogens is 5. The van der Waals surface area contributed by atoms with E-state index in [2.05, 4.69) is 30.4 Å². The molecule has 2 aliphatic rings. The average Bonchev–Trinajstić information content (AvgIpc) is 3.68. The maximum atomic E-state index is 12.7. The number of carbonyl (C=O) groups is 1. The summed E-state index contributed by atoms with van der Waals surface area (Å²) in [7, 11) is 0. The number of nitrogens with zero attached hydrogens (tertiary/aromatic N) is 7. The molecule has 4 aromatic rings. The molecule has 9 heteroatoms. The Hall–Kier alpha value is -3.36. The lowest BCUT2D eigenvalue weighted by atomic mass is 10.1. The third-order valence-electron chi connectivity index (χ3n) is 6.56. The molecule has 1 aliphatic heterocycles. The van der Waals surface area contributed by atoms with Crippen molar-refractivity contribution in [1.29, 1.82) is 0 Å². The van der Waals surface area contributed by atoms with Crippen molar-refractivity contribution in [3.63, 3.8) is 0 Å². The molecule has 0 N–H and O–H groups in total. The molecular weight excluding hydrogens is 450 g/mol. The third-order valence-corrected chi connectivity index (χ3v) is 6.81. The first-order chi connectivity index (χ1) is 16.7. The summed E-state index contributed by atoms with van der Waals surface area (Å²) in [5.41, 5.74) is 5.49. The summed E-state index contributed by atoms with van der Waals surface area (Å²) in [5, 5.41) is 0.704. The fraction of sp³-hybridized carbons (Fsp3) is 0.320. The van der Waals surface area contributed by atoms with Crippen LogP contribution in [0.1, 0.15) is 40.6 Å². The maximum absolute atomic E-state index is 12.7. The number of halogens is 1. The fourth-order valence-corrected chi connectivity index (χ4v) is 4.62. The van der Waals surface area contributed by atoms with Crippen molar-refractivity contribution < 1.29 is 4.79 Å². The summed E-state index contributed by atoms with van der Waals surface area (Å²) in [5.74, 6) is 0.499. The van der Waals surface area contributed by atoms with Gasteiger partial charge in [-0.2, -0.15) is 0 Å². The number of piperazine rings is 1. The lowest BCUT2D eigenvalue weighted by Crippen LogP contribution is -2.48. The number of hydrogen-bond donors (Lipinski definition) is 0. The summed E-state index contributed by atoms with van der Waals surface area (Å²) in [4.78, 5) is 34.7. The number of fused-ring (bicyclic) bond motifs is 1. The Kier molecular flexibility index (Phi) is 5.47. The SMILES string of the molecule is O=C(c1cnccn1)N1CCN(Cc2c(-c3ccc(Cl)cc3)nc3cnc(C4CC4)cn23)CC1. The smallest absolute Gasteiger partial charge is 0.274 e. The summed E-state index contributed by atoms with van der Waals surface area (Å²) < 4.78 is 2.20. The molecule has 0 spiro atoms. The second kappa shape index (κ2) is 8.77. The van der Waals surface area contributed by atoms with Crippen molar-refractivity contribution in [3.05, 3.63) is 77.4 Å². The lowest BCUT2D eigenvalue weighted by Gasteiger charge is -2.34. The number of hydrogen-bond acceptors (Lipinski definition) is 6. The molecule has 8 nitrogen and oxygen atoms in total. The van der Waals surface area contributed by atoms with Crippen LogP contribution in [0.25, 0.3) is 16.9 Å². The Morgan fingerprint density at radius 3 is 2.50 bits per heavy atom. The van der Waals surface area contributed by atoms with E-state index in [1.54, 1.807) is 12.4 Å². The second-order valence-corrected chi connectivity index (χ2v) is 9.32. The van der Waals surface area contributed by atoms with Gasteiger partial charge in [-0.3, -0.25) is 24.1 Å². The number of benzene rings is 1. The van der Waals surface area contributed by atoms with Crippen molar-refractivity contribution >= 4 is 23.2 Å². The molecule has 0 unspecified atom stereocenters. The van der Waals surface area contributed by atoms with E-state index >= 15 is 0 Å². The molecule has 34 heavy (non-hydrogen) atoms. The van der Waals surface area contributed by atoms with Gasteiger partial charge in [0.1, 0.15) is 5.69 Å². The molecule has 1 saturated heterocycles. The van der Waals surface area contributed by atoms with Gasteiger partial charge in [-0.25, -0.2) is 9.97 Å². The molecule has 1 saturated carbocycles. The molecule has 1 amide bonds. The number of imidazole rings is 1. The first-order valence-electron chi connectivity index (χ1n) is 11.6. The van der Waals surface area contributed by atoms with Crippen LogP contribution in [0.15, 0.2) is 55.2 Å². The van der Waals surface area contributed by atoms with Gasteiger partial charge in [0, 0.05) is 67.8 Å². The van der Waals surface area contributed by atoms with E-state index in [0.717, 1.165) is 47.9 Å². The first kappa shape index (κ1) is 21.2. The Morgan fingerprint density at radius 2 is 1.79 bits per heavy atom. The van der Waals surface area contributed by atoms with Gasteiger partial charge in [0.25, 0.3) is 5.91 Å². The van der Waals surface area contributed by atoms with E-state index < -0.39 is 0 Å². The van der Waals surface area contributed by atoms with Gasteiger partial charge in [0.15, 0.2) is 5.65 Å². The van der Waals surface area contributed by atoms with E-state index in [-0.39, 0.29) is 5.91 Å². The minimum absolute atomic E-state index is 0.0652. The molecule has 1 aromatic carbocycles. The molecule has 2 fully saturated rings. The van der Waals surface area contributed by atoms with E-state index in [1.807, 2.05) is 35.4 Å². The zero-order chi connectivity index (χ0) is 23.1. The standard InChI is InChI=1S/C25H24ClN7O/c26-19-5-3-18(4-6-19)24-22(33-15-21(17-1-2-17)29-14-23(33)30-24)16-31-9-11-32(12-10-31)25(34)20-13-27-7-8-28-20/h3-8,13-15,17H,1-2,9-12,16H2. The fourth-order valence-electron chi connectivity index (χ4n) is 4.49. The maximum Gasteiger partial charge on any atom is 0.274 e. The topological polar surface area (TPSA) is 79.5 Å². The predicted molar refractivity (Wildman–Crippen MR) is 129 cm³/mol. The highest BCUT2D eigenvalue weighted by atomic mass is 35.5. The highest BCUT2D eigenvalue weighted by Crippen LogP contribution is 2.39. The molecule has 0 bridgehead atoms. The highest BCUT2D eigenvalue weighted by molar-refractivity contribution is 6.30. The number of rotatable bonds is 5.